The van der Waals surface area contributed by atoms with Crippen LogP contribution in [0, 0.1) is 0 Å². The van der Waals surface area contributed by atoms with Gasteiger partial charge in [0.05, 0.1) is 36.9 Å². The van der Waals surface area contributed by atoms with Crippen molar-refractivity contribution < 1.29 is 28.9 Å². The van der Waals surface area contributed by atoms with Crippen LogP contribution in [0.3, 0.4) is 0 Å². The molecule has 2 aromatic carbocycles. The minimum atomic E-state index is -0.511. The molecule has 3 rings (SSSR count). The fourth-order valence-electron chi connectivity index (χ4n) is 2.79. The first-order valence-corrected chi connectivity index (χ1v) is 10.8. The fourth-order valence-corrected chi connectivity index (χ4v) is 3.84. The largest absolute Gasteiger partial charge is 0.491 e. The van der Waals surface area contributed by atoms with E-state index in [2.05, 4.69) is 10.8 Å². The van der Waals surface area contributed by atoms with Crippen LogP contribution in [-0.2, 0) is 19.0 Å². The molecule has 0 saturated heterocycles. The van der Waals surface area contributed by atoms with E-state index in [4.69, 9.17) is 24.2 Å². The Labute approximate surface area is 186 Å². The van der Waals surface area contributed by atoms with Gasteiger partial charge in [0.1, 0.15) is 24.6 Å². The Kier molecular flexibility index (Phi) is 8.03. The molecule has 0 amide bonds. The molecule has 9 heteroatoms. The monoisotopic (exact) mass is 448 g/mol. The number of hydrogen-bond donors (Lipinski definition) is 3. The van der Waals surface area contributed by atoms with Gasteiger partial charge in [-0.25, -0.2) is 4.79 Å². The summed E-state index contributed by atoms with van der Waals surface area (Å²) in [6, 6.07) is 11.5. The molecular formula is C22H28N2O6S. The van der Waals surface area contributed by atoms with E-state index in [1.165, 1.54) is 0 Å². The Morgan fingerprint density at radius 2 is 1.68 bits per heavy atom. The molecule has 2 aromatic rings. The zero-order chi connectivity index (χ0) is 22.3. The van der Waals surface area contributed by atoms with E-state index >= 15 is 0 Å². The molecule has 0 aliphatic carbocycles. The van der Waals surface area contributed by atoms with Gasteiger partial charge in [-0.15, -0.1) is 0 Å². The molecule has 31 heavy (non-hydrogen) atoms. The van der Waals surface area contributed by atoms with Crippen molar-refractivity contribution in [2.75, 3.05) is 43.8 Å². The lowest BCUT2D eigenvalue weighted by molar-refractivity contribution is -0.160. The quantitative estimate of drug-likeness (QED) is 0.236. The minimum Gasteiger partial charge on any atom is -0.491 e. The summed E-state index contributed by atoms with van der Waals surface area (Å²) in [5.74, 6) is 0.361. The number of ether oxygens (including phenoxy) is 4. The average Bonchev–Trinajstić information content (AvgIpc) is 2.72. The molecule has 1 aliphatic heterocycles. The Balaban J connectivity index is 1.35. The number of benzene rings is 2. The van der Waals surface area contributed by atoms with E-state index in [0.29, 0.717) is 32.1 Å². The van der Waals surface area contributed by atoms with Gasteiger partial charge in [-0.05, 0) is 57.2 Å². The normalized spacial score (nSPS) is 12.4. The summed E-state index contributed by atoms with van der Waals surface area (Å²) >= 11 is 1.61. The van der Waals surface area contributed by atoms with Crippen molar-refractivity contribution in [1.29, 1.82) is 0 Å². The Morgan fingerprint density at radius 3 is 2.42 bits per heavy atom. The zero-order valence-electron chi connectivity index (χ0n) is 17.9. The number of esters is 1. The highest BCUT2D eigenvalue weighted by atomic mass is 32.2. The molecule has 1 heterocycles. The summed E-state index contributed by atoms with van der Waals surface area (Å²) in [7, 11) is 0. The highest BCUT2D eigenvalue weighted by Gasteiger charge is 2.17. The molecule has 168 valence electrons. The second-order valence-electron chi connectivity index (χ2n) is 7.81. The van der Waals surface area contributed by atoms with Crippen LogP contribution in [0.15, 0.2) is 46.2 Å². The van der Waals surface area contributed by atoms with E-state index in [9.17, 15) is 4.79 Å². The standard InChI is InChI=1S/C22H28N2O6S/c1-22(2,3)30-21(25)14-28-9-8-27-10-11-29-16-5-7-18-20(13-16)31-19-12-15(24-26)4-6-17(19)23-18/h4-7,12-13,23-24,26H,8-11,14H2,1-3H3. The molecule has 0 bridgehead atoms. The number of rotatable bonds is 10. The Bertz CT molecular complexity index is 900. The van der Waals surface area contributed by atoms with E-state index in [-0.39, 0.29) is 12.6 Å². The average molecular weight is 449 g/mol. The SMILES string of the molecule is CC(C)(C)OC(=O)COCCOCCOc1ccc2c(c1)Sc1cc(NO)ccc1N2. The highest BCUT2D eigenvalue weighted by Crippen LogP contribution is 2.46. The molecule has 1 aliphatic rings. The van der Waals surface area contributed by atoms with Gasteiger partial charge in [-0.3, -0.25) is 10.7 Å². The van der Waals surface area contributed by atoms with Crippen molar-refractivity contribution in [1.82, 2.24) is 0 Å². The topological polar surface area (TPSA) is 98.3 Å². The summed E-state index contributed by atoms with van der Waals surface area (Å²) < 4.78 is 21.6. The second kappa shape index (κ2) is 10.7. The van der Waals surface area contributed by atoms with Crippen molar-refractivity contribution in [3.8, 4) is 5.75 Å². The van der Waals surface area contributed by atoms with Gasteiger partial charge >= 0.3 is 5.97 Å². The van der Waals surface area contributed by atoms with Crippen LogP contribution < -0.4 is 15.5 Å². The third kappa shape index (κ3) is 7.32. The molecule has 0 saturated carbocycles. The molecule has 0 fully saturated rings. The van der Waals surface area contributed by atoms with Gasteiger partial charge < -0.3 is 24.3 Å². The molecule has 3 N–H and O–H groups in total. The minimum absolute atomic E-state index is 0.0864. The van der Waals surface area contributed by atoms with Crippen LogP contribution in [0.2, 0.25) is 0 Å². The molecule has 8 nitrogen and oxygen atoms in total. The molecule has 0 atom stereocenters. The summed E-state index contributed by atoms with van der Waals surface area (Å²) in [5, 5.41) is 12.5. The lowest BCUT2D eigenvalue weighted by atomic mass is 10.2. The first-order valence-electron chi connectivity index (χ1n) is 9.97. The number of carbonyl (C=O) groups is 1. The molecule has 0 aromatic heterocycles. The van der Waals surface area contributed by atoms with Crippen molar-refractivity contribution in [2.45, 2.75) is 36.2 Å². The summed E-state index contributed by atoms with van der Waals surface area (Å²) in [6.07, 6.45) is 0. The van der Waals surface area contributed by atoms with Crippen LogP contribution in [0.25, 0.3) is 0 Å². The number of carbonyl (C=O) groups excluding carboxylic acids is 1. The van der Waals surface area contributed by atoms with E-state index in [1.54, 1.807) is 17.8 Å². The van der Waals surface area contributed by atoms with Gasteiger partial charge in [-0.1, -0.05) is 11.8 Å². The first kappa shape index (κ1) is 23.2. The van der Waals surface area contributed by atoms with Gasteiger partial charge in [0.15, 0.2) is 0 Å². The maximum atomic E-state index is 11.5. The number of fused-ring (bicyclic) bond motifs is 2. The van der Waals surface area contributed by atoms with Crippen molar-refractivity contribution >= 4 is 34.8 Å². The van der Waals surface area contributed by atoms with E-state index in [1.807, 2.05) is 51.1 Å². The molecule has 0 unspecified atom stereocenters. The summed E-state index contributed by atoms with van der Waals surface area (Å²) in [4.78, 5) is 13.6. The van der Waals surface area contributed by atoms with Gasteiger partial charge in [0.2, 0.25) is 0 Å². The van der Waals surface area contributed by atoms with Gasteiger partial charge in [0, 0.05) is 9.79 Å². The van der Waals surface area contributed by atoms with Gasteiger partial charge in [0.25, 0.3) is 0 Å². The van der Waals surface area contributed by atoms with Crippen LogP contribution in [0.4, 0.5) is 17.1 Å². The maximum Gasteiger partial charge on any atom is 0.332 e. The smallest absolute Gasteiger partial charge is 0.332 e. The van der Waals surface area contributed by atoms with Crippen LogP contribution >= 0.6 is 11.8 Å². The summed E-state index contributed by atoms with van der Waals surface area (Å²) in [6.45, 7) is 6.85. The van der Waals surface area contributed by atoms with Crippen LogP contribution in [0.5, 0.6) is 5.75 Å². The lowest BCUT2D eigenvalue weighted by Crippen LogP contribution is -2.27. The highest BCUT2D eigenvalue weighted by molar-refractivity contribution is 7.99. The van der Waals surface area contributed by atoms with Crippen molar-refractivity contribution in [2.24, 2.45) is 0 Å². The maximum absolute atomic E-state index is 11.5. The predicted molar refractivity (Wildman–Crippen MR) is 119 cm³/mol. The first-order chi connectivity index (χ1) is 14.8. The Morgan fingerprint density at radius 1 is 1.00 bits per heavy atom. The number of hydrogen-bond acceptors (Lipinski definition) is 9. The fraction of sp³-hybridized carbons (Fsp3) is 0.409. The van der Waals surface area contributed by atoms with Crippen LogP contribution in [-0.4, -0.2) is 49.8 Å². The molecule has 0 radical (unpaired) electrons. The van der Waals surface area contributed by atoms with Gasteiger partial charge in [-0.2, -0.15) is 0 Å². The third-order valence-electron chi connectivity index (χ3n) is 4.06. The third-order valence-corrected chi connectivity index (χ3v) is 5.18. The second-order valence-corrected chi connectivity index (χ2v) is 8.89. The Hall–Kier alpha value is -2.46. The van der Waals surface area contributed by atoms with Crippen molar-refractivity contribution in [3.05, 3.63) is 36.4 Å². The predicted octanol–water partition coefficient (Wildman–Crippen LogP) is 4.45. The summed E-state index contributed by atoms with van der Waals surface area (Å²) in [5.41, 5.74) is 4.29. The lowest BCUT2D eigenvalue weighted by Gasteiger charge is -2.22. The van der Waals surface area contributed by atoms with Crippen LogP contribution in [0.1, 0.15) is 20.8 Å². The zero-order valence-corrected chi connectivity index (χ0v) is 18.7. The number of nitrogens with one attached hydrogen (secondary N) is 2. The van der Waals surface area contributed by atoms with Crippen molar-refractivity contribution in [3.63, 3.8) is 0 Å². The number of anilines is 3. The van der Waals surface area contributed by atoms with E-state index < -0.39 is 5.60 Å². The molecular weight excluding hydrogens is 420 g/mol. The molecule has 0 spiro atoms. The van der Waals surface area contributed by atoms with E-state index in [0.717, 1.165) is 26.9 Å².